The second kappa shape index (κ2) is 7.82. The molecular formula is C18H24N2O5. The first kappa shape index (κ1) is 17.7. The van der Waals surface area contributed by atoms with E-state index in [0.29, 0.717) is 31.1 Å². The van der Waals surface area contributed by atoms with Gasteiger partial charge >= 0.3 is 5.97 Å². The molecule has 1 aliphatic carbocycles. The van der Waals surface area contributed by atoms with E-state index in [9.17, 15) is 14.7 Å². The highest BCUT2D eigenvalue weighted by atomic mass is 16.5. The van der Waals surface area contributed by atoms with Gasteiger partial charge in [0.1, 0.15) is 12.6 Å². The number of carboxylic acids is 1. The molecule has 1 N–H and O–H groups in total. The Kier molecular flexibility index (Phi) is 5.53. The number of carboxylic acid groups (broad SMARTS) is 1. The standard InChI is InChI=1S/C18H24N2O5/c1-24-8-9-25-16-11-13(6-7-19-16)17(21)20-14-5-3-2-4-12(14)10-15(20)18(22)23/h6-7,11-12,14-15H,2-5,8-10H2,1H3,(H,22,23). The number of nitrogens with zero attached hydrogens (tertiary/aromatic N) is 2. The first-order chi connectivity index (χ1) is 12.1. The number of aromatic nitrogens is 1. The van der Waals surface area contributed by atoms with Crippen LogP contribution in [-0.2, 0) is 9.53 Å². The van der Waals surface area contributed by atoms with Gasteiger partial charge in [-0.3, -0.25) is 4.79 Å². The van der Waals surface area contributed by atoms with Crippen LogP contribution >= 0.6 is 0 Å². The maximum Gasteiger partial charge on any atom is 0.326 e. The maximum absolute atomic E-state index is 13.1. The van der Waals surface area contributed by atoms with Gasteiger partial charge < -0.3 is 19.5 Å². The van der Waals surface area contributed by atoms with E-state index >= 15 is 0 Å². The SMILES string of the molecule is COCCOc1cc(C(=O)N2C(C(=O)O)CC3CCCCC32)ccn1. The molecule has 0 bridgehead atoms. The Morgan fingerprint density at radius 1 is 1.32 bits per heavy atom. The predicted octanol–water partition coefficient (Wildman–Crippen LogP) is 1.96. The van der Waals surface area contributed by atoms with Crippen molar-refractivity contribution < 1.29 is 24.2 Å². The lowest BCUT2D eigenvalue weighted by molar-refractivity contribution is -0.141. The average Bonchev–Trinajstić information content (AvgIpc) is 3.01. The van der Waals surface area contributed by atoms with Gasteiger partial charge in [-0.1, -0.05) is 12.8 Å². The van der Waals surface area contributed by atoms with Gasteiger partial charge in [0.25, 0.3) is 5.91 Å². The number of ether oxygens (including phenoxy) is 2. The summed E-state index contributed by atoms with van der Waals surface area (Å²) >= 11 is 0. The molecule has 0 spiro atoms. The van der Waals surface area contributed by atoms with Crippen molar-refractivity contribution in [1.29, 1.82) is 0 Å². The lowest BCUT2D eigenvalue weighted by atomic mass is 9.84. The summed E-state index contributed by atoms with van der Waals surface area (Å²) in [5.41, 5.74) is 0.417. The predicted molar refractivity (Wildman–Crippen MR) is 89.6 cm³/mol. The molecule has 2 fully saturated rings. The smallest absolute Gasteiger partial charge is 0.326 e. The van der Waals surface area contributed by atoms with Crippen molar-refractivity contribution in [3.63, 3.8) is 0 Å². The third-order valence-corrected chi connectivity index (χ3v) is 5.13. The number of fused-ring (bicyclic) bond motifs is 1. The Hall–Kier alpha value is -2.15. The summed E-state index contributed by atoms with van der Waals surface area (Å²) in [7, 11) is 1.58. The molecule has 25 heavy (non-hydrogen) atoms. The molecule has 1 aromatic rings. The van der Waals surface area contributed by atoms with Gasteiger partial charge in [0, 0.05) is 31.0 Å². The van der Waals surface area contributed by atoms with E-state index in [4.69, 9.17) is 9.47 Å². The molecule has 1 amide bonds. The van der Waals surface area contributed by atoms with Crippen molar-refractivity contribution in [2.45, 2.75) is 44.2 Å². The van der Waals surface area contributed by atoms with Crippen LogP contribution in [0.2, 0.25) is 0 Å². The minimum absolute atomic E-state index is 0.0216. The van der Waals surface area contributed by atoms with Crippen molar-refractivity contribution in [1.82, 2.24) is 9.88 Å². The molecule has 2 heterocycles. The summed E-state index contributed by atoms with van der Waals surface area (Å²) in [4.78, 5) is 30.4. The fraction of sp³-hybridized carbons (Fsp3) is 0.611. The zero-order valence-electron chi connectivity index (χ0n) is 14.4. The monoisotopic (exact) mass is 348 g/mol. The van der Waals surface area contributed by atoms with Gasteiger partial charge in [0.15, 0.2) is 0 Å². The Balaban J connectivity index is 1.80. The molecule has 3 rings (SSSR count). The van der Waals surface area contributed by atoms with Crippen LogP contribution in [0, 0.1) is 5.92 Å². The topological polar surface area (TPSA) is 89.0 Å². The number of pyridine rings is 1. The van der Waals surface area contributed by atoms with Crippen LogP contribution in [0.1, 0.15) is 42.5 Å². The second-order valence-corrected chi connectivity index (χ2v) is 6.64. The second-order valence-electron chi connectivity index (χ2n) is 6.64. The van der Waals surface area contributed by atoms with Crippen LogP contribution in [0.3, 0.4) is 0 Å². The van der Waals surface area contributed by atoms with E-state index in [0.717, 1.165) is 25.7 Å². The Bertz CT molecular complexity index is 636. The fourth-order valence-electron chi connectivity index (χ4n) is 3.97. The van der Waals surface area contributed by atoms with Gasteiger partial charge in [-0.05, 0) is 31.2 Å². The van der Waals surface area contributed by atoms with Crippen molar-refractivity contribution in [2.24, 2.45) is 5.92 Å². The van der Waals surface area contributed by atoms with Crippen molar-refractivity contribution in [2.75, 3.05) is 20.3 Å². The molecule has 1 aliphatic heterocycles. The molecule has 1 aromatic heterocycles. The molecule has 1 saturated carbocycles. The van der Waals surface area contributed by atoms with Crippen molar-refractivity contribution in [3.8, 4) is 5.88 Å². The summed E-state index contributed by atoms with van der Waals surface area (Å²) in [6.45, 7) is 0.768. The number of amides is 1. The third-order valence-electron chi connectivity index (χ3n) is 5.13. The van der Waals surface area contributed by atoms with E-state index in [1.54, 1.807) is 24.1 Å². The van der Waals surface area contributed by atoms with Gasteiger partial charge in [-0.15, -0.1) is 0 Å². The molecule has 7 nitrogen and oxygen atoms in total. The van der Waals surface area contributed by atoms with Gasteiger partial charge in [-0.2, -0.15) is 0 Å². The van der Waals surface area contributed by atoms with Crippen LogP contribution in [0.4, 0.5) is 0 Å². The molecular weight excluding hydrogens is 324 g/mol. The molecule has 136 valence electrons. The number of hydrogen-bond donors (Lipinski definition) is 1. The van der Waals surface area contributed by atoms with Gasteiger partial charge in [0.05, 0.1) is 6.61 Å². The number of carbonyl (C=O) groups excluding carboxylic acids is 1. The molecule has 0 radical (unpaired) electrons. The van der Waals surface area contributed by atoms with Crippen LogP contribution in [0.25, 0.3) is 0 Å². The Morgan fingerprint density at radius 2 is 2.12 bits per heavy atom. The molecule has 3 atom stereocenters. The zero-order valence-corrected chi connectivity index (χ0v) is 14.4. The molecule has 3 unspecified atom stereocenters. The lowest BCUT2D eigenvalue weighted by Gasteiger charge is -2.33. The third kappa shape index (κ3) is 3.76. The zero-order chi connectivity index (χ0) is 17.8. The quantitative estimate of drug-likeness (QED) is 0.791. The highest BCUT2D eigenvalue weighted by Crippen LogP contribution is 2.40. The van der Waals surface area contributed by atoms with E-state index in [2.05, 4.69) is 4.98 Å². The summed E-state index contributed by atoms with van der Waals surface area (Å²) in [5, 5.41) is 9.58. The van der Waals surface area contributed by atoms with Crippen LogP contribution in [-0.4, -0.2) is 59.3 Å². The highest BCUT2D eigenvalue weighted by molar-refractivity contribution is 5.97. The van der Waals surface area contributed by atoms with Gasteiger partial charge in [-0.25, -0.2) is 9.78 Å². The number of aliphatic carboxylic acids is 1. The van der Waals surface area contributed by atoms with E-state index in [-0.39, 0.29) is 17.9 Å². The Labute approximate surface area is 146 Å². The summed E-state index contributed by atoms with van der Waals surface area (Å²) in [6.07, 6.45) is 6.09. The lowest BCUT2D eigenvalue weighted by Crippen LogP contribution is -2.46. The largest absolute Gasteiger partial charge is 0.480 e. The van der Waals surface area contributed by atoms with Gasteiger partial charge in [0.2, 0.25) is 5.88 Å². The number of rotatable bonds is 6. The minimum atomic E-state index is -0.923. The Morgan fingerprint density at radius 3 is 2.88 bits per heavy atom. The normalized spacial score (nSPS) is 25.5. The number of methoxy groups -OCH3 is 1. The molecule has 7 heteroatoms. The average molecular weight is 348 g/mol. The van der Waals surface area contributed by atoms with Crippen LogP contribution in [0.15, 0.2) is 18.3 Å². The molecule has 0 aromatic carbocycles. The first-order valence-electron chi connectivity index (χ1n) is 8.75. The highest BCUT2D eigenvalue weighted by Gasteiger charge is 2.47. The maximum atomic E-state index is 13.1. The van der Waals surface area contributed by atoms with E-state index in [1.807, 2.05) is 0 Å². The number of hydrogen-bond acceptors (Lipinski definition) is 5. The summed E-state index contributed by atoms with van der Waals surface area (Å²) in [6, 6.07) is 2.47. The van der Waals surface area contributed by atoms with Crippen LogP contribution < -0.4 is 4.74 Å². The summed E-state index contributed by atoms with van der Waals surface area (Å²) in [5.74, 6) is -0.540. The molecule has 1 saturated heterocycles. The number of likely N-dealkylation sites (tertiary alicyclic amines) is 1. The molecule has 2 aliphatic rings. The van der Waals surface area contributed by atoms with Crippen molar-refractivity contribution >= 4 is 11.9 Å². The minimum Gasteiger partial charge on any atom is -0.480 e. The number of carbonyl (C=O) groups is 2. The fourth-order valence-corrected chi connectivity index (χ4v) is 3.97. The summed E-state index contributed by atoms with van der Waals surface area (Å²) < 4.78 is 10.4. The van der Waals surface area contributed by atoms with Crippen molar-refractivity contribution in [3.05, 3.63) is 23.9 Å². The first-order valence-corrected chi connectivity index (χ1v) is 8.75. The van der Waals surface area contributed by atoms with E-state index < -0.39 is 12.0 Å². The van der Waals surface area contributed by atoms with Crippen LogP contribution in [0.5, 0.6) is 5.88 Å². The van der Waals surface area contributed by atoms with E-state index in [1.165, 1.54) is 6.20 Å².